The molecule has 0 aliphatic carbocycles. The third-order valence-electron chi connectivity index (χ3n) is 3.56. The number of carbonyl (C=O) groups is 2. The minimum absolute atomic E-state index is 0.170. The zero-order valence-corrected chi connectivity index (χ0v) is 13.9. The van der Waals surface area contributed by atoms with Gasteiger partial charge in [0.25, 0.3) is 0 Å². The van der Waals surface area contributed by atoms with Crippen LogP contribution in [-0.2, 0) is 4.79 Å². The lowest BCUT2D eigenvalue weighted by atomic mass is 10.0. The van der Waals surface area contributed by atoms with Gasteiger partial charge in [0.1, 0.15) is 5.78 Å². The first-order valence-corrected chi connectivity index (χ1v) is 7.88. The normalized spacial score (nSPS) is 12.3. The van der Waals surface area contributed by atoms with Crippen molar-refractivity contribution in [2.75, 3.05) is 0 Å². The zero-order chi connectivity index (χ0) is 16.4. The van der Waals surface area contributed by atoms with Crippen molar-refractivity contribution in [3.05, 3.63) is 59.2 Å². The Kier molecular flexibility index (Phi) is 8.13. The van der Waals surface area contributed by atoms with Crippen molar-refractivity contribution in [2.24, 2.45) is 0 Å². The van der Waals surface area contributed by atoms with Gasteiger partial charge in [-0.1, -0.05) is 53.6 Å². The summed E-state index contributed by atoms with van der Waals surface area (Å²) in [5.74, 6) is 0.405. The lowest BCUT2D eigenvalue weighted by molar-refractivity contribution is -0.116. The van der Waals surface area contributed by atoms with E-state index in [1.807, 2.05) is 37.3 Å². The quantitative estimate of drug-likeness (QED) is 0.458. The van der Waals surface area contributed by atoms with Crippen molar-refractivity contribution in [1.82, 2.24) is 0 Å². The summed E-state index contributed by atoms with van der Waals surface area (Å²) in [7, 11) is 0. The van der Waals surface area contributed by atoms with Crippen molar-refractivity contribution in [2.45, 2.75) is 52.9 Å². The molecule has 0 amide bonds. The van der Waals surface area contributed by atoms with Crippen LogP contribution in [0.2, 0.25) is 0 Å². The fourth-order valence-electron chi connectivity index (χ4n) is 2.22. The monoisotopic (exact) mass is 298 g/mol. The molecule has 0 fully saturated rings. The third kappa shape index (κ3) is 7.72. The van der Waals surface area contributed by atoms with Crippen LogP contribution in [-0.4, -0.2) is 11.6 Å². The van der Waals surface area contributed by atoms with Crippen molar-refractivity contribution >= 4 is 11.6 Å². The predicted octanol–water partition coefficient (Wildman–Crippen LogP) is 5.30. The van der Waals surface area contributed by atoms with E-state index in [1.54, 1.807) is 6.92 Å². The maximum absolute atomic E-state index is 12.1. The number of carbonyl (C=O) groups excluding carboxylic acids is 2. The Hall–Kier alpha value is -1.96. The average Bonchev–Trinajstić information content (AvgIpc) is 2.47. The molecule has 0 aliphatic rings. The molecule has 0 aromatic heterocycles. The molecule has 2 heteroatoms. The van der Waals surface area contributed by atoms with E-state index in [0.717, 1.165) is 30.4 Å². The highest BCUT2D eigenvalue weighted by Crippen LogP contribution is 2.13. The molecule has 0 aliphatic heterocycles. The highest BCUT2D eigenvalue weighted by Gasteiger charge is 2.05. The molecule has 22 heavy (non-hydrogen) atoms. The smallest absolute Gasteiger partial charge is 0.166 e. The second-order valence-electron chi connectivity index (χ2n) is 5.85. The van der Waals surface area contributed by atoms with Gasteiger partial charge in [0.2, 0.25) is 0 Å². The van der Waals surface area contributed by atoms with Gasteiger partial charge in [-0.25, -0.2) is 0 Å². The summed E-state index contributed by atoms with van der Waals surface area (Å²) in [5, 5.41) is 0. The van der Waals surface area contributed by atoms with E-state index in [2.05, 4.69) is 19.1 Å². The number of Topliss-reactive ketones (excluding diaryl/α,β-unsaturated/α-hetero) is 2. The van der Waals surface area contributed by atoms with E-state index in [0.29, 0.717) is 12.8 Å². The summed E-state index contributed by atoms with van der Waals surface area (Å²) in [4.78, 5) is 23.0. The third-order valence-corrected chi connectivity index (χ3v) is 3.56. The summed E-state index contributed by atoms with van der Waals surface area (Å²) in [6.07, 6.45) is 8.14. The first kappa shape index (κ1) is 18.1. The van der Waals surface area contributed by atoms with Crippen molar-refractivity contribution < 1.29 is 9.59 Å². The molecule has 0 saturated carbocycles. The number of benzene rings is 1. The predicted molar refractivity (Wildman–Crippen MR) is 92.1 cm³/mol. The maximum Gasteiger partial charge on any atom is 0.166 e. The molecule has 0 spiro atoms. The molecule has 0 bridgehead atoms. The fraction of sp³-hybridized carbons (Fsp3) is 0.400. The van der Waals surface area contributed by atoms with Crippen LogP contribution in [0.1, 0.15) is 63.2 Å². The Morgan fingerprint density at radius 1 is 0.864 bits per heavy atom. The van der Waals surface area contributed by atoms with Gasteiger partial charge in [-0.05, 0) is 40.0 Å². The van der Waals surface area contributed by atoms with Gasteiger partial charge in [0.05, 0.1) is 0 Å². The van der Waals surface area contributed by atoms with Crippen LogP contribution in [0.4, 0.5) is 0 Å². The molecule has 2 nitrogen and oxygen atoms in total. The molecular formula is C20H26O2. The Bertz CT molecular complexity index is 550. The van der Waals surface area contributed by atoms with E-state index in [-0.39, 0.29) is 11.6 Å². The summed E-state index contributed by atoms with van der Waals surface area (Å²) in [6, 6.07) is 9.42. The van der Waals surface area contributed by atoms with Gasteiger partial charge < -0.3 is 4.79 Å². The minimum Gasteiger partial charge on any atom is -0.300 e. The average molecular weight is 298 g/mol. The van der Waals surface area contributed by atoms with Crippen molar-refractivity contribution in [3.63, 3.8) is 0 Å². The SMILES string of the molecule is CC(=O)CCC=C(C)CCC=C(C)CC(=O)c1ccccc1. The van der Waals surface area contributed by atoms with Crippen molar-refractivity contribution in [3.8, 4) is 0 Å². The summed E-state index contributed by atoms with van der Waals surface area (Å²) in [6.45, 7) is 5.73. The van der Waals surface area contributed by atoms with E-state index in [4.69, 9.17) is 0 Å². The van der Waals surface area contributed by atoms with Gasteiger partial charge in [0, 0.05) is 18.4 Å². The molecule has 118 valence electrons. The number of hydrogen-bond acceptors (Lipinski definition) is 2. The summed E-state index contributed by atoms with van der Waals surface area (Å²) in [5.41, 5.74) is 3.20. The van der Waals surface area contributed by atoms with Crippen LogP contribution in [0, 0.1) is 0 Å². The first-order valence-electron chi connectivity index (χ1n) is 7.88. The minimum atomic E-state index is 0.170. The van der Waals surface area contributed by atoms with Crippen molar-refractivity contribution in [1.29, 1.82) is 0 Å². The van der Waals surface area contributed by atoms with Gasteiger partial charge >= 0.3 is 0 Å². The lowest BCUT2D eigenvalue weighted by Crippen LogP contribution is -1.99. The largest absolute Gasteiger partial charge is 0.300 e. The standard InChI is InChI=1S/C20H26O2/c1-16(10-8-12-18(3)21)9-7-11-17(2)15-20(22)19-13-5-4-6-14-19/h4-6,10-11,13-14H,7-9,12,15H2,1-3H3. The van der Waals surface area contributed by atoms with Crippen LogP contribution in [0.15, 0.2) is 53.6 Å². The summed E-state index contributed by atoms with van der Waals surface area (Å²) >= 11 is 0. The second-order valence-corrected chi connectivity index (χ2v) is 5.85. The molecule has 0 saturated heterocycles. The Morgan fingerprint density at radius 3 is 2.09 bits per heavy atom. The first-order chi connectivity index (χ1) is 10.5. The topological polar surface area (TPSA) is 34.1 Å². The van der Waals surface area contributed by atoms with Gasteiger partial charge in [0.15, 0.2) is 5.78 Å². The molecule has 1 aromatic carbocycles. The number of allylic oxidation sites excluding steroid dienone is 4. The van der Waals surface area contributed by atoms with Crippen LogP contribution in [0.5, 0.6) is 0 Å². The van der Waals surface area contributed by atoms with E-state index in [9.17, 15) is 9.59 Å². The fourth-order valence-corrected chi connectivity index (χ4v) is 2.22. The van der Waals surface area contributed by atoms with E-state index in [1.165, 1.54) is 5.57 Å². The molecular weight excluding hydrogens is 272 g/mol. The number of hydrogen-bond donors (Lipinski definition) is 0. The molecule has 0 radical (unpaired) electrons. The zero-order valence-electron chi connectivity index (χ0n) is 13.9. The summed E-state index contributed by atoms with van der Waals surface area (Å²) < 4.78 is 0. The van der Waals surface area contributed by atoms with Crippen LogP contribution in [0.3, 0.4) is 0 Å². The Morgan fingerprint density at radius 2 is 1.45 bits per heavy atom. The Balaban J connectivity index is 2.37. The number of rotatable bonds is 9. The molecule has 1 rings (SSSR count). The molecule has 0 heterocycles. The highest BCUT2D eigenvalue weighted by atomic mass is 16.1. The van der Waals surface area contributed by atoms with Gasteiger partial charge in [-0.2, -0.15) is 0 Å². The molecule has 1 aromatic rings. The molecule has 0 unspecified atom stereocenters. The second kappa shape index (κ2) is 9.88. The molecule has 0 N–H and O–H groups in total. The van der Waals surface area contributed by atoms with Gasteiger partial charge in [-0.3, -0.25) is 4.79 Å². The van der Waals surface area contributed by atoms with E-state index >= 15 is 0 Å². The lowest BCUT2D eigenvalue weighted by Gasteiger charge is -2.03. The van der Waals surface area contributed by atoms with Gasteiger partial charge in [-0.15, -0.1) is 0 Å². The van der Waals surface area contributed by atoms with E-state index < -0.39 is 0 Å². The maximum atomic E-state index is 12.1. The van der Waals surface area contributed by atoms with Crippen LogP contribution < -0.4 is 0 Å². The molecule has 0 atom stereocenters. The van der Waals surface area contributed by atoms with Crippen LogP contribution >= 0.6 is 0 Å². The highest BCUT2D eigenvalue weighted by molar-refractivity contribution is 5.97. The van der Waals surface area contributed by atoms with Crippen LogP contribution in [0.25, 0.3) is 0 Å². The number of ketones is 2. The Labute approximate surface area is 133 Å².